The summed E-state index contributed by atoms with van der Waals surface area (Å²) in [5, 5.41) is 9.26. The fraction of sp³-hybridized carbons (Fsp3) is 0.195. The van der Waals surface area contributed by atoms with Crippen molar-refractivity contribution < 1.29 is 4.74 Å². The maximum absolute atomic E-state index is 9.26. The van der Waals surface area contributed by atoms with E-state index < -0.39 is 5.41 Å². The normalized spacial score (nSPS) is 16.6. The van der Waals surface area contributed by atoms with Gasteiger partial charge in [-0.05, 0) is 98.7 Å². The molecule has 0 saturated heterocycles. The Morgan fingerprint density at radius 1 is 0.682 bits per heavy atom. The van der Waals surface area contributed by atoms with Gasteiger partial charge in [0.1, 0.15) is 5.76 Å². The zero-order valence-electron chi connectivity index (χ0n) is 25.9. The zero-order valence-corrected chi connectivity index (χ0v) is 27.5. The van der Waals surface area contributed by atoms with E-state index in [1.54, 1.807) is 0 Å². The Morgan fingerprint density at radius 2 is 1.20 bits per heavy atom. The molecule has 218 valence electrons. The molecule has 3 heteroatoms. The van der Waals surface area contributed by atoms with Gasteiger partial charge in [-0.15, -0.1) is 0 Å². The Morgan fingerprint density at radius 3 is 1.80 bits per heavy atom. The van der Waals surface area contributed by atoms with Crippen LogP contribution in [0.25, 0.3) is 28.0 Å². The minimum atomic E-state index is -0.473. The van der Waals surface area contributed by atoms with E-state index in [2.05, 4.69) is 154 Å². The summed E-state index contributed by atoms with van der Waals surface area (Å²) >= 11 is 3.78. The van der Waals surface area contributed by atoms with E-state index in [1.807, 2.05) is 6.07 Å². The molecule has 7 rings (SSSR count). The molecule has 2 nitrogen and oxygen atoms in total. The number of fused-ring (bicyclic) bond motifs is 10. The van der Waals surface area contributed by atoms with Crippen molar-refractivity contribution in [1.29, 1.82) is 5.41 Å². The molecular weight excluding hydrogens is 602 g/mol. The number of halogens is 1. The largest absolute Gasteiger partial charge is 0.438 e. The highest BCUT2D eigenvalue weighted by molar-refractivity contribution is 9.10. The van der Waals surface area contributed by atoms with Crippen molar-refractivity contribution >= 4 is 27.6 Å². The van der Waals surface area contributed by atoms with Crippen molar-refractivity contribution in [3.63, 3.8) is 0 Å². The van der Waals surface area contributed by atoms with Gasteiger partial charge in [-0.3, -0.25) is 5.41 Å². The van der Waals surface area contributed by atoms with E-state index in [4.69, 9.17) is 4.74 Å². The Balaban J connectivity index is 1.37. The quantitative estimate of drug-likeness (QED) is 0.116. The SMILES string of the molecule is CC/C(C)=C(/OC(=N)c1ccc2c(c1)C1(c3ccccc3-c3ccc(Br)cc31)c1ccccc1-2)c1ccc(C(C)(C)C)cc1. The van der Waals surface area contributed by atoms with Crippen LogP contribution in [0.1, 0.15) is 80.0 Å². The molecular formula is C41H36BrNO. The van der Waals surface area contributed by atoms with Gasteiger partial charge >= 0.3 is 0 Å². The van der Waals surface area contributed by atoms with Crippen LogP contribution >= 0.6 is 15.9 Å². The van der Waals surface area contributed by atoms with Gasteiger partial charge in [0, 0.05) is 15.6 Å². The van der Waals surface area contributed by atoms with Crippen LogP contribution in [0.3, 0.4) is 0 Å². The fourth-order valence-electron chi connectivity index (χ4n) is 7.09. The van der Waals surface area contributed by atoms with E-state index in [0.717, 1.165) is 33.4 Å². The maximum atomic E-state index is 9.26. The van der Waals surface area contributed by atoms with Crippen LogP contribution < -0.4 is 0 Å². The lowest BCUT2D eigenvalue weighted by Crippen LogP contribution is -2.26. The van der Waals surface area contributed by atoms with E-state index in [-0.39, 0.29) is 11.3 Å². The molecule has 1 atom stereocenters. The molecule has 2 aliphatic carbocycles. The van der Waals surface area contributed by atoms with Gasteiger partial charge in [0.15, 0.2) is 0 Å². The first-order valence-electron chi connectivity index (χ1n) is 15.4. The molecule has 0 heterocycles. The van der Waals surface area contributed by atoms with Crippen molar-refractivity contribution in [1.82, 2.24) is 0 Å². The van der Waals surface area contributed by atoms with Crippen LogP contribution in [-0.2, 0) is 15.6 Å². The molecule has 0 saturated carbocycles. The number of ether oxygens (including phenoxy) is 1. The van der Waals surface area contributed by atoms with Gasteiger partial charge in [-0.1, -0.05) is 129 Å². The molecule has 2 aliphatic rings. The molecule has 1 spiro atoms. The average Bonchev–Trinajstić information content (AvgIpc) is 3.49. The van der Waals surface area contributed by atoms with Crippen molar-refractivity contribution in [2.75, 3.05) is 0 Å². The van der Waals surface area contributed by atoms with Crippen molar-refractivity contribution in [2.24, 2.45) is 0 Å². The second-order valence-electron chi connectivity index (χ2n) is 13.0. The average molecular weight is 639 g/mol. The first kappa shape index (κ1) is 28.6. The molecule has 0 fully saturated rings. The number of allylic oxidation sites excluding steroid dienone is 1. The van der Waals surface area contributed by atoms with Crippen LogP contribution in [-0.4, -0.2) is 5.90 Å². The predicted molar refractivity (Wildman–Crippen MR) is 186 cm³/mol. The van der Waals surface area contributed by atoms with Gasteiger partial charge in [-0.25, -0.2) is 0 Å². The highest BCUT2D eigenvalue weighted by Gasteiger charge is 2.51. The Kier molecular flexibility index (Phi) is 6.78. The number of hydrogen-bond donors (Lipinski definition) is 1. The lowest BCUT2D eigenvalue weighted by molar-refractivity contribution is 0.497. The van der Waals surface area contributed by atoms with E-state index in [1.165, 1.54) is 50.1 Å². The third kappa shape index (κ3) is 4.24. The fourth-order valence-corrected chi connectivity index (χ4v) is 7.45. The summed E-state index contributed by atoms with van der Waals surface area (Å²) in [5.74, 6) is 0.916. The van der Waals surface area contributed by atoms with Crippen molar-refractivity contribution in [2.45, 2.75) is 51.9 Å². The topological polar surface area (TPSA) is 33.1 Å². The van der Waals surface area contributed by atoms with Crippen molar-refractivity contribution in [3.8, 4) is 22.3 Å². The van der Waals surface area contributed by atoms with Crippen LogP contribution in [0.15, 0.2) is 119 Å². The molecule has 0 amide bonds. The Labute approximate surface area is 269 Å². The number of hydrogen-bond acceptors (Lipinski definition) is 2. The first-order chi connectivity index (χ1) is 21.1. The van der Waals surface area contributed by atoms with Crippen LogP contribution in [0.4, 0.5) is 0 Å². The number of rotatable bonds is 4. The molecule has 0 aromatic heterocycles. The van der Waals surface area contributed by atoms with Crippen LogP contribution in [0.5, 0.6) is 0 Å². The maximum Gasteiger partial charge on any atom is 0.219 e. The summed E-state index contributed by atoms with van der Waals surface area (Å²) in [4.78, 5) is 0. The first-order valence-corrected chi connectivity index (χ1v) is 16.2. The summed E-state index contributed by atoms with van der Waals surface area (Å²) in [5.41, 5.74) is 13.7. The van der Waals surface area contributed by atoms with Gasteiger partial charge in [-0.2, -0.15) is 0 Å². The minimum absolute atomic E-state index is 0.0702. The highest BCUT2D eigenvalue weighted by atomic mass is 79.9. The third-order valence-corrected chi connectivity index (χ3v) is 9.94. The van der Waals surface area contributed by atoms with Crippen LogP contribution in [0, 0.1) is 5.41 Å². The summed E-state index contributed by atoms with van der Waals surface area (Å²) in [6, 6.07) is 39.2. The zero-order chi connectivity index (χ0) is 30.8. The predicted octanol–water partition coefficient (Wildman–Crippen LogP) is 11.3. The lowest BCUT2D eigenvalue weighted by atomic mass is 9.70. The summed E-state index contributed by atoms with van der Waals surface area (Å²) in [7, 11) is 0. The molecule has 44 heavy (non-hydrogen) atoms. The van der Waals surface area contributed by atoms with Crippen molar-refractivity contribution in [3.05, 3.63) is 158 Å². The van der Waals surface area contributed by atoms with Gasteiger partial charge in [0.25, 0.3) is 0 Å². The smallest absolute Gasteiger partial charge is 0.219 e. The lowest BCUT2D eigenvalue weighted by Gasteiger charge is -2.30. The number of benzene rings is 5. The molecule has 0 bridgehead atoms. The standard InChI is InChI=1S/C41H36BrNO/c1-6-25(2)38(26-15-18-28(19-16-26)40(3,4)5)44-39(43)27-17-21-32-30-11-7-9-13-34(30)41(36(32)23-27)35-14-10-8-12-31(35)33-22-20-29(42)24-37(33)41/h7-24,43H,6H2,1-5H3/b38-25+,43-39?. The Bertz CT molecular complexity index is 1980. The van der Waals surface area contributed by atoms with E-state index in [9.17, 15) is 5.41 Å². The monoisotopic (exact) mass is 637 g/mol. The summed E-state index contributed by atoms with van der Waals surface area (Å²) in [6.07, 6.45) is 0.842. The highest BCUT2D eigenvalue weighted by Crippen LogP contribution is 2.63. The van der Waals surface area contributed by atoms with Gasteiger partial charge in [0.2, 0.25) is 5.90 Å². The van der Waals surface area contributed by atoms with Gasteiger partial charge in [0.05, 0.1) is 5.41 Å². The number of nitrogens with one attached hydrogen (secondary N) is 1. The molecule has 5 aromatic rings. The van der Waals surface area contributed by atoms with E-state index in [0.29, 0.717) is 0 Å². The molecule has 1 N–H and O–H groups in total. The molecule has 0 aliphatic heterocycles. The molecule has 0 radical (unpaired) electrons. The second kappa shape index (κ2) is 10.5. The van der Waals surface area contributed by atoms with Crippen LogP contribution in [0.2, 0.25) is 0 Å². The Hall–Kier alpha value is -4.21. The molecule has 5 aromatic carbocycles. The van der Waals surface area contributed by atoms with Gasteiger partial charge < -0.3 is 4.74 Å². The molecule has 1 unspecified atom stereocenters. The third-order valence-electron chi connectivity index (χ3n) is 9.45. The minimum Gasteiger partial charge on any atom is -0.438 e. The summed E-state index contributed by atoms with van der Waals surface area (Å²) < 4.78 is 7.56. The summed E-state index contributed by atoms with van der Waals surface area (Å²) in [6.45, 7) is 10.9. The second-order valence-corrected chi connectivity index (χ2v) is 13.9. The van der Waals surface area contributed by atoms with E-state index >= 15 is 0 Å².